The van der Waals surface area contributed by atoms with Crippen LogP contribution in [0.2, 0.25) is 5.02 Å². The van der Waals surface area contributed by atoms with Crippen molar-refractivity contribution in [3.8, 4) is 11.5 Å². The molecule has 0 aliphatic heterocycles. The Morgan fingerprint density at radius 3 is 2.42 bits per heavy atom. The smallest absolute Gasteiger partial charge is 0.338 e. The summed E-state index contributed by atoms with van der Waals surface area (Å²) in [7, 11) is 1.62. The van der Waals surface area contributed by atoms with E-state index in [0.29, 0.717) is 28.6 Å². The predicted molar refractivity (Wildman–Crippen MR) is 143 cm³/mol. The van der Waals surface area contributed by atoms with Gasteiger partial charge in [-0.05, 0) is 82.3 Å². The van der Waals surface area contributed by atoms with Crippen molar-refractivity contribution >= 4 is 28.9 Å². The summed E-state index contributed by atoms with van der Waals surface area (Å²) in [5.74, 6) is 0.921. The fraction of sp³-hybridized carbons (Fsp3) is 0.379. The van der Waals surface area contributed by atoms with Crippen molar-refractivity contribution < 1.29 is 19.0 Å². The van der Waals surface area contributed by atoms with Crippen LogP contribution in [0.25, 0.3) is 0 Å². The molecule has 1 fully saturated rings. The van der Waals surface area contributed by atoms with Crippen molar-refractivity contribution in [1.82, 2.24) is 4.98 Å². The van der Waals surface area contributed by atoms with Crippen molar-refractivity contribution in [2.45, 2.75) is 64.7 Å². The Morgan fingerprint density at radius 2 is 1.81 bits per heavy atom. The molecule has 0 unspecified atom stereocenters. The van der Waals surface area contributed by atoms with Gasteiger partial charge in [-0.2, -0.15) is 0 Å². The first-order valence-corrected chi connectivity index (χ1v) is 12.7. The lowest BCUT2D eigenvalue weighted by molar-refractivity contribution is 0.00695. The number of hydrogen-bond acceptors (Lipinski definition) is 6. The molecule has 3 aromatic rings. The van der Waals surface area contributed by atoms with Gasteiger partial charge in [-0.15, -0.1) is 0 Å². The SMILES string of the molecule is COc1cc(Cl)c(N(Cc2cccnc2)c2ccc(C(=O)OC(C)(C)C)cc2)cc1OC1CCCC1. The highest BCUT2D eigenvalue weighted by Gasteiger charge is 2.23. The summed E-state index contributed by atoms with van der Waals surface area (Å²) in [5.41, 5.74) is 2.58. The number of ether oxygens (including phenoxy) is 3. The van der Waals surface area contributed by atoms with E-state index in [-0.39, 0.29) is 12.1 Å². The minimum Gasteiger partial charge on any atom is -0.493 e. The van der Waals surface area contributed by atoms with E-state index in [4.69, 9.17) is 25.8 Å². The number of rotatable bonds is 8. The van der Waals surface area contributed by atoms with E-state index in [1.54, 1.807) is 31.5 Å². The van der Waals surface area contributed by atoms with E-state index < -0.39 is 5.60 Å². The van der Waals surface area contributed by atoms with Crippen molar-refractivity contribution in [2.75, 3.05) is 12.0 Å². The topological polar surface area (TPSA) is 60.9 Å². The van der Waals surface area contributed by atoms with Gasteiger partial charge in [0, 0.05) is 36.8 Å². The third kappa shape index (κ3) is 6.49. The van der Waals surface area contributed by atoms with Gasteiger partial charge >= 0.3 is 5.97 Å². The highest BCUT2D eigenvalue weighted by molar-refractivity contribution is 6.33. The number of carbonyl (C=O) groups is 1. The lowest BCUT2D eigenvalue weighted by Crippen LogP contribution is -2.24. The number of carbonyl (C=O) groups excluding carboxylic acids is 1. The molecule has 1 heterocycles. The molecule has 0 saturated heterocycles. The second-order valence-electron chi connectivity index (χ2n) is 9.97. The molecule has 1 aliphatic rings. The van der Waals surface area contributed by atoms with Crippen molar-refractivity contribution in [3.05, 3.63) is 77.1 Å². The fourth-order valence-electron chi connectivity index (χ4n) is 4.27. The number of halogens is 1. The zero-order valence-corrected chi connectivity index (χ0v) is 22.0. The Kier molecular flexibility index (Phi) is 8.04. The standard InChI is InChI=1S/C29H33ClN2O4/c1-29(2,3)36-28(33)21-11-13-22(14-12-21)32(19-20-8-7-15-31-18-20)25-17-27(26(34-4)16-24(25)30)35-23-9-5-6-10-23/h7-8,11-18,23H,5-6,9-10,19H2,1-4H3. The van der Waals surface area contributed by atoms with Gasteiger partial charge in [0.2, 0.25) is 0 Å². The number of pyridine rings is 1. The van der Waals surface area contributed by atoms with Crippen LogP contribution in [0.15, 0.2) is 60.9 Å². The summed E-state index contributed by atoms with van der Waals surface area (Å²) < 4.78 is 17.4. The Labute approximate surface area is 218 Å². The molecule has 1 aliphatic carbocycles. The van der Waals surface area contributed by atoms with Crippen LogP contribution in [0, 0.1) is 0 Å². The van der Waals surface area contributed by atoms with Crippen LogP contribution in [0.4, 0.5) is 11.4 Å². The highest BCUT2D eigenvalue weighted by atomic mass is 35.5. The van der Waals surface area contributed by atoms with Crippen LogP contribution in [0.3, 0.4) is 0 Å². The lowest BCUT2D eigenvalue weighted by Gasteiger charge is -2.28. The van der Waals surface area contributed by atoms with Gasteiger partial charge in [0.05, 0.1) is 29.5 Å². The summed E-state index contributed by atoms with van der Waals surface area (Å²) in [4.78, 5) is 18.9. The van der Waals surface area contributed by atoms with Gasteiger partial charge in [-0.1, -0.05) is 17.7 Å². The van der Waals surface area contributed by atoms with Gasteiger partial charge in [-0.25, -0.2) is 4.79 Å². The summed E-state index contributed by atoms with van der Waals surface area (Å²) in [6, 6.07) is 15.0. The molecular weight excluding hydrogens is 476 g/mol. The number of esters is 1. The minimum atomic E-state index is -0.561. The zero-order chi connectivity index (χ0) is 25.7. The molecular formula is C29H33ClN2O4. The summed E-state index contributed by atoms with van der Waals surface area (Å²) >= 11 is 6.80. The molecule has 0 atom stereocenters. The molecule has 190 valence electrons. The average molecular weight is 509 g/mol. The first-order valence-electron chi connectivity index (χ1n) is 12.3. The number of hydrogen-bond donors (Lipinski definition) is 0. The Morgan fingerprint density at radius 1 is 1.08 bits per heavy atom. The van der Waals surface area contributed by atoms with E-state index in [0.717, 1.165) is 29.8 Å². The molecule has 1 saturated carbocycles. The van der Waals surface area contributed by atoms with E-state index in [1.165, 1.54) is 12.8 Å². The average Bonchev–Trinajstić information content (AvgIpc) is 3.36. The molecule has 6 nitrogen and oxygen atoms in total. The van der Waals surface area contributed by atoms with Crippen LogP contribution < -0.4 is 14.4 Å². The molecule has 0 amide bonds. The fourth-order valence-corrected chi connectivity index (χ4v) is 4.53. The summed E-state index contributed by atoms with van der Waals surface area (Å²) in [5, 5.41) is 0.533. The number of nitrogens with zero attached hydrogens (tertiary/aromatic N) is 2. The summed E-state index contributed by atoms with van der Waals surface area (Å²) in [6.07, 6.45) is 8.16. The monoisotopic (exact) mass is 508 g/mol. The Bertz CT molecular complexity index is 1170. The molecule has 36 heavy (non-hydrogen) atoms. The van der Waals surface area contributed by atoms with Gasteiger partial charge in [-0.3, -0.25) is 4.98 Å². The maximum Gasteiger partial charge on any atom is 0.338 e. The molecule has 0 radical (unpaired) electrons. The van der Waals surface area contributed by atoms with E-state index in [2.05, 4.69) is 9.88 Å². The highest BCUT2D eigenvalue weighted by Crippen LogP contribution is 2.42. The molecule has 2 aromatic carbocycles. The normalized spacial score (nSPS) is 13.9. The zero-order valence-electron chi connectivity index (χ0n) is 21.3. The Hall–Kier alpha value is -3.25. The van der Waals surface area contributed by atoms with Gasteiger partial charge in [0.25, 0.3) is 0 Å². The number of benzene rings is 2. The molecule has 0 spiro atoms. The first kappa shape index (κ1) is 25.8. The second-order valence-corrected chi connectivity index (χ2v) is 10.4. The van der Waals surface area contributed by atoms with Crippen molar-refractivity contribution in [3.63, 3.8) is 0 Å². The minimum absolute atomic E-state index is 0.174. The van der Waals surface area contributed by atoms with E-state index >= 15 is 0 Å². The maximum atomic E-state index is 12.5. The molecule has 1 aromatic heterocycles. The van der Waals surface area contributed by atoms with Crippen LogP contribution in [-0.4, -0.2) is 29.8 Å². The molecule has 4 rings (SSSR count). The third-order valence-electron chi connectivity index (χ3n) is 6.00. The van der Waals surface area contributed by atoms with Gasteiger partial charge < -0.3 is 19.1 Å². The maximum absolute atomic E-state index is 12.5. The summed E-state index contributed by atoms with van der Waals surface area (Å²) in [6.45, 7) is 6.08. The first-order chi connectivity index (χ1) is 17.2. The van der Waals surface area contributed by atoms with E-state index in [9.17, 15) is 4.79 Å². The molecule has 7 heteroatoms. The van der Waals surface area contributed by atoms with Crippen molar-refractivity contribution in [2.24, 2.45) is 0 Å². The lowest BCUT2D eigenvalue weighted by atomic mass is 10.1. The molecule has 0 bridgehead atoms. The predicted octanol–water partition coefficient (Wildman–Crippen LogP) is 7.36. The number of aromatic nitrogens is 1. The number of anilines is 2. The van der Waals surface area contributed by atoms with Crippen LogP contribution in [0.5, 0.6) is 11.5 Å². The van der Waals surface area contributed by atoms with E-state index in [1.807, 2.05) is 57.3 Å². The Balaban J connectivity index is 1.71. The molecule has 0 N–H and O–H groups in total. The quantitative estimate of drug-likeness (QED) is 0.296. The van der Waals surface area contributed by atoms with Crippen LogP contribution in [-0.2, 0) is 11.3 Å². The van der Waals surface area contributed by atoms with Crippen molar-refractivity contribution in [1.29, 1.82) is 0 Å². The third-order valence-corrected chi connectivity index (χ3v) is 6.30. The van der Waals surface area contributed by atoms with Gasteiger partial charge in [0.1, 0.15) is 5.60 Å². The van der Waals surface area contributed by atoms with Gasteiger partial charge in [0.15, 0.2) is 11.5 Å². The van der Waals surface area contributed by atoms with Crippen LogP contribution >= 0.6 is 11.6 Å². The van der Waals surface area contributed by atoms with Crippen LogP contribution in [0.1, 0.15) is 62.4 Å². The number of methoxy groups -OCH3 is 1. The largest absolute Gasteiger partial charge is 0.493 e. The second kappa shape index (κ2) is 11.2.